The second-order valence-electron chi connectivity index (χ2n) is 7.77. The van der Waals surface area contributed by atoms with Gasteiger partial charge in [-0.15, -0.1) is 0 Å². The first-order chi connectivity index (χ1) is 16.4. The highest BCUT2D eigenvalue weighted by Crippen LogP contribution is 2.23. The van der Waals surface area contributed by atoms with E-state index in [2.05, 4.69) is 5.32 Å². The molecule has 1 aliphatic rings. The van der Waals surface area contributed by atoms with Crippen molar-refractivity contribution in [1.82, 2.24) is 10.2 Å². The number of nitrogens with zero attached hydrogens (tertiary/aromatic N) is 1. The molecule has 0 saturated carbocycles. The third kappa shape index (κ3) is 5.17. The van der Waals surface area contributed by atoms with E-state index in [1.54, 1.807) is 36.4 Å². The second-order valence-corrected chi connectivity index (χ2v) is 7.77. The number of hydrogen-bond acceptors (Lipinski definition) is 6. The van der Waals surface area contributed by atoms with Crippen molar-refractivity contribution in [2.45, 2.75) is 20.4 Å². The second kappa shape index (κ2) is 10.1. The van der Waals surface area contributed by atoms with E-state index < -0.39 is 17.8 Å². The van der Waals surface area contributed by atoms with Gasteiger partial charge in [0.25, 0.3) is 11.8 Å². The fourth-order valence-corrected chi connectivity index (χ4v) is 3.55. The molecule has 0 radical (unpaired) electrons. The van der Waals surface area contributed by atoms with Gasteiger partial charge in [-0.25, -0.2) is 4.79 Å². The number of barbiturate groups is 1. The maximum absolute atomic E-state index is 12.8. The van der Waals surface area contributed by atoms with Crippen LogP contribution in [0.5, 0.6) is 11.5 Å². The Morgan fingerprint density at radius 2 is 1.62 bits per heavy atom. The van der Waals surface area contributed by atoms with E-state index in [0.717, 1.165) is 21.8 Å². The minimum absolute atomic E-state index is 0.0703. The summed E-state index contributed by atoms with van der Waals surface area (Å²) in [5.41, 5.74) is 2.62. The predicted octanol–water partition coefficient (Wildman–Crippen LogP) is 4.02. The summed E-state index contributed by atoms with van der Waals surface area (Å²) in [6, 6.07) is 15.4. The molecule has 174 valence electrons. The van der Waals surface area contributed by atoms with E-state index in [1.165, 1.54) is 12.3 Å². The number of rotatable bonds is 8. The number of carbonyl (C=O) groups excluding carboxylic acids is 3. The Balaban J connectivity index is 1.37. The Kier molecular flexibility index (Phi) is 6.77. The highest BCUT2D eigenvalue weighted by Gasteiger charge is 2.36. The monoisotopic (exact) mass is 460 g/mol. The zero-order chi connectivity index (χ0) is 24.1. The molecule has 1 aromatic heterocycles. The van der Waals surface area contributed by atoms with E-state index >= 15 is 0 Å². The number of nitrogens with one attached hydrogen (secondary N) is 1. The van der Waals surface area contributed by atoms with Gasteiger partial charge in [0.15, 0.2) is 0 Å². The van der Waals surface area contributed by atoms with Crippen molar-refractivity contribution in [3.63, 3.8) is 0 Å². The number of para-hydroxylation sites is 1. The molecular weight excluding hydrogens is 436 g/mol. The third-order valence-electron chi connectivity index (χ3n) is 5.28. The molecular formula is C26H24N2O6. The van der Waals surface area contributed by atoms with Crippen LogP contribution in [-0.4, -0.2) is 36.0 Å². The first-order valence-electron chi connectivity index (χ1n) is 10.8. The van der Waals surface area contributed by atoms with E-state index in [9.17, 15) is 14.4 Å². The van der Waals surface area contributed by atoms with Gasteiger partial charge >= 0.3 is 6.03 Å². The summed E-state index contributed by atoms with van der Waals surface area (Å²) in [6.45, 7) is 4.68. The lowest BCUT2D eigenvalue weighted by molar-refractivity contribution is -0.130. The predicted molar refractivity (Wildman–Crippen MR) is 124 cm³/mol. The number of imide groups is 2. The SMILES string of the molecule is Cc1cccc(C)c1OCCOc1ccc(C=C2C(=O)NC(=O)N(Cc3ccco3)C2=O)cc1. The Morgan fingerprint density at radius 1 is 0.912 bits per heavy atom. The van der Waals surface area contributed by atoms with Crippen molar-refractivity contribution < 1.29 is 28.3 Å². The number of carbonyl (C=O) groups is 3. The van der Waals surface area contributed by atoms with Gasteiger partial charge < -0.3 is 13.9 Å². The van der Waals surface area contributed by atoms with E-state index in [1.807, 2.05) is 32.0 Å². The van der Waals surface area contributed by atoms with Crippen LogP contribution in [0.2, 0.25) is 0 Å². The van der Waals surface area contributed by atoms with Gasteiger partial charge in [0.05, 0.1) is 12.8 Å². The third-order valence-corrected chi connectivity index (χ3v) is 5.28. The molecule has 0 bridgehead atoms. The molecule has 8 heteroatoms. The molecule has 0 spiro atoms. The van der Waals surface area contributed by atoms with E-state index in [-0.39, 0.29) is 12.1 Å². The number of amides is 4. The van der Waals surface area contributed by atoms with Gasteiger partial charge in [-0.3, -0.25) is 19.8 Å². The molecule has 34 heavy (non-hydrogen) atoms. The summed E-state index contributed by atoms with van der Waals surface area (Å²) < 4.78 is 16.8. The van der Waals surface area contributed by atoms with Crippen molar-refractivity contribution in [2.75, 3.05) is 13.2 Å². The van der Waals surface area contributed by atoms with Gasteiger partial charge in [0.2, 0.25) is 0 Å². The zero-order valence-corrected chi connectivity index (χ0v) is 18.9. The van der Waals surface area contributed by atoms with Crippen LogP contribution in [0, 0.1) is 13.8 Å². The summed E-state index contributed by atoms with van der Waals surface area (Å²) in [7, 11) is 0. The Hall–Kier alpha value is -4.33. The van der Waals surface area contributed by atoms with Crippen molar-refractivity contribution in [3.8, 4) is 11.5 Å². The van der Waals surface area contributed by atoms with Crippen LogP contribution in [0.1, 0.15) is 22.5 Å². The lowest BCUT2D eigenvalue weighted by Gasteiger charge is -2.25. The number of aryl methyl sites for hydroxylation is 2. The maximum Gasteiger partial charge on any atom is 0.331 e. The van der Waals surface area contributed by atoms with Crippen molar-refractivity contribution in [1.29, 1.82) is 0 Å². The number of benzene rings is 2. The van der Waals surface area contributed by atoms with Crippen LogP contribution in [0.15, 0.2) is 70.9 Å². The highest BCUT2D eigenvalue weighted by molar-refractivity contribution is 6.30. The summed E-state index contributed by atoms with van der Waals surface area (Å²) in [5, 5.41) is 2.19. The molecule has 2 heterocycles. The normalized spacial score (nSPS) is 14.9. The average Bonchev–Trinajstić information content (AvgIpc) is 3.33. The molecule has 4 rings (SSSR count). The van der Waals surface area contributed by atoms with Gasteiger partial charge in [-0.05, 0) is 60.9 Å². The van der Waals surface area contributed by atoms with E-state index in [4.69, 9.17) is 13.9 Å². The van der Waals surface area contributed by atoms with Crippen LogP contribution >= 0.6 is 0 Å². The molecule has 0 unspecified atom stereocenters. The van der Waals surface area contributed by atoms with Gasteiger partial charge in [0, 0.05) is 0 Å². The number of ether oxygens (including phenoxy) is 2. The molecule has 1 fully saturated rings. The highest BCUT2D eigenvalue weighted by atomic mass is 16.5. The van der Waals surface area contributed by atoms with Gasteiger partial charge in [-0.1, -0.05) is 30.3 Å². The molecule has 1 saturated heterocycles. The maximum atomic E-state index is 12.8. The van der Waals surface area contributed by atoms with Crippen molar-refractivity contribution >= 4 is 23.9 Å². The van der Waals surface area contributed by atoms with Crippen molar-refractivity contribution in [3.05, 3.63) is 88.9 Å². The molecule has 0 atom stereocenters. The number of urea groups is 1. The smallest absolute Gasteiger partial charge is 0.331 e. The van der Waals surface area contributed by atoms with Crippen LogP contribution < -0.4 is 14.8 Å². The lowest BCUT2D eigenvalue weighted by Crippen LogP contribution is -2.53. The largest absolute Gasteiger partial charge is 0.490 e. The topological polar surface area (TPSA) is 98.1 Å². The summed E-state index contributed by atoms with van der Waals surface area (Å²) >= 11 is 0. The van der Waals surface area contributed by atoms with E-state index in [0.29, 0.717) is 30.3 Å². The summed E-state index contributed by atoms with van der Waals surface area (Å²) in [4.78, 5) is 38.1. The Labute approximate surface area is 196 Å². The average molecular weight is 460 g/mol. The first-order valence-corrected chi connectivity index (χ1v) is 10.8. The van der Waals surface area contributed by atoms with Gasteiger partial charge in [0.1, 0.15) is 36.0 Å². The van der Waals surface area contributed by atoms with Crippen LogP contribution in [0.4, 0.5) is 4.79 Å². The summed E-state index contributed by atoms with van der Waals surface area (Å²) in [5.74, 6) is 0.494. The van der Waals surface area contributed by atoms with Crippen molar-refractivity contribution in [2.24, 2.45) is 0 Å². The van der Waals surface area contributed by atoms with Crippen LogP contribution in [0.3, 0.4) is 0 Å². The Bertz CT molecular complexity index is 1210. The molecule has 1 N–H and O–H groups in total. The summed E-state index contributed by atoms with van der Waals surface area (Å²) in [6.07, 6.45) is 2.89. The van der Waals surface area contributed by atoms with Gasteiger partial charge in [-0.2, -0.15) is 0 Å². The first kappa shape index (κ1) is 22.8. The fraction of sp³-hybridized carbons (Fsp3) is 0.192. The zero-order valence-electron chi connectivity index (χ0n) is 18.9. The molecule has 3 aromatic rings. The lowest BCUT2D eigenvalue weighted by atomic mass is 10.1. The quantitative estimate of drug-likeness (QED) is 0.310. The fourth-order valence-electron chi connectivity index (χ4n) is 3.55. The minimum atomic E-state index is -0.782. The molecule has 2 aromatic carbocycles. The number of hydrogen-bond donors (Lipinski definition) is 1. The molecule has 1 aliphatic heterocycles. The Morgan fingerprint density at radius 3 is 2.29 bits per heavy atom. The molecule has 4 amide bonds. The van der Waals surface area contributed by atoms with Crippen LogP contribution in [-0.2, 0) is 16.1 Å². The molecule has 8 nitrogen and oxygen atoms in total. The van der Waals surface area contributed by atoms with Crippen LogP contribution in [0.25, 0.3) is 6.08 Å². The minimum Gasteiger partial charge on any atom is -0.490 e. The number of furan rings is 1. The standard InChI is InChI=1S/C26H24N2O6/c1-17-5-3-6-18(2)23(17)34-14-13-33-20-10-8-19(9-11-20)15-22-24(29)27-26(31)28(25(22)30)16-21-7-4-12-32-21/h3-12,15H,13-14,16H2,1-2H3,(H,27,29,31). The molecule has 0 aliphatic carbocycles.